The zero-order chi connectivity index (χ0) is 15.6. The summed E-state index contributed by atoms with van der Waals surface area (Å²) in [6.45, 7) is 9.81. The molecule has 122 valence electrons. The molecule has 0 aromatic rings. The summed E-state index contributed by atoms with van der Waals surface area (Å²) >= 11 is 0. The fourth-order valence-corrected chi connectivity index (χ4v) is 2.67. The van der Waals surface area contributed by atoms with Crippen molar-refractivity contribution < 1.29 is 14.9 Å². The van der Waals surface area contributed by atoms with Crippen LogP contribution in [0.3, 0.4) is 0 Å². The quantitative estimate of drug-likeness (QED) is 0.575. The zero-order valence-electron chi connectivity index (χ0n) is 14.2. The van der Waals surface area contributed by atoms with E-state index in [4.69, 9.17) is 9.84 Å². The van der Waals surface area contributed by atoms with Crippen molar-refractivity contribution in [2.75, 3.05) is 20.3 Å². The first kappa shape index (κ1) is 19.9. The van der Waals surface area contributed by atoms with Crippen molar-refractivity contribution in [2.24, 2.45) is 10.8 Å². The SMILES string of the molecule is COCC(C)(C)CCCC(O)CCCC(C)(C)CCO. The Hall–Kier alpha value is -0.120. The van der Waals surface area contributed by atoms with Crippen LogP contribution < -0.4 is 0 Å². The largest absolute Gasteiger partial charge is 0.396 e. The van der Waals surface area contributed by atoms with Crippen LogP contribution in [-0.2, 0) is 4.74 Å². The molecule has 0 aromatic carbocycles. The second-order valence-electron chi connectivity index (χ2n) is 7.67. The maximum absolute atomic E-state index is 10.0. The van der Waals surface area contributed by atoms with Crippen LogP contribution in [0.15, 0.2) is 0 Å². The topological polar surface area (TPSA) is 49.7 Å². The standard InChI is InChI=1S/C17H36O3/c1-16(2,12-13-18)10-6-8-15(19)9-7-11-17(3,4)14-20-5/h15,18-19H,6-14H2,1-5H3. The average Bonchev–Trinajstić information content (AvgIpc) is 2.27. The van der Waals surface area contributed by atoms with Gasteiger partial charge in [-0.2, -0.15) is 0 Å². The molecule has 1 atom stereocenters. The summed E-state index contributed by atoms with van der Waals surface area (Å²) in [5.41, 5.74) is 0.395. The Labute approximate surface area is 125 Å². The van der Waals surface area contributed by atoms with Gasteiger partial charge in [-0.3, -0.25) is 0 Å². The van der Waals surface area contributed by atoms with Crippen molar-refractivity contribution in [1.82, 2.24) is 0 Å². The number of hydrogen-bond donors (Lipinski definition) is 2. The highest BCUT2D eigenvalue weighted by atomic mass is 16.5. The lowest BCUT2D eigenvalue weighted by atomic mass is 9.83. The van der Waals surface area contributed by atoms with E-state index in [1.54, 1.807) is 7.11 Å². The Morgan fingerprint density at radius 3 is 1.85 bits per heavy atom. The van der Waals surface area contributed by atoms with Crippen LogP contribution in [0.4, 0.5) is 0 Å². The molecule has 0 aliphatic heterocycles. The highest BCUT2D eigenvalue weighted by Crippen LogP contribution is 2.28. The van der Waals surface area contributed by atoms with E-state index in [1.807, 2.05) is 0 Å². The normalized spacial score (nSPS) is 14.6. The van der Waals surface area contributed by atoms with Crippen molar-refractivity contribution in [3.8, 4) is 0 Å². The predicted molar refractivity (Wildman–Crippen MR) is 84.8 cm³/mol. The smallest absolute Gasteiger partial charge is 0.0540 e. The summed E-state index contributed by atoms with van der Waals surface area (Å²) in [5.74, 6) is 0. The van der Waals surface area contributed by atoms with Gasteiger partial charge in [-0.15, -0.1) is 0 Å². The monoisotopic (exact) mass is 288 g/mol. The molecule has 0 radical (unpaired) electrons. The van der Waals surface area contributed by atoms with Crippen LogP contribution in [0, 0.1) is 10.8 Å². The van der Waals surface area contributed by atoms with Crippen LogP contribution in [0.1, 0.15) is 72.6 Å². The van der Waals surface area contributed by atoms with E-state index in [9.17, 15) is 5.11 Å². The van der Waals surface area contributed by atoms with Crippen molar-refractivity contribution in [2.45, 2.75) is 78.7 Å². The van der Waals surface area contributed by atoms with E-state index in [0.29, 0.717) is 0 Å². The maximum Gasteiger partial charge on any atom is 0.0540 e. The van der Waals surface area contributed by atoms with E-state index in [1.165, 1.54) is 0 Å². The van der Waals surface area contributed by atoms with Gasteiger partial charge in [-0.05, 0) is 42.9 Å². The first-order valence-electron chi connectivity index (χ1n) is 8.00. The molecule has 0 saturated heterocycles. The fourth-order valence-electron chi connectivity index (χ4n) is 2.67. The predicted octanol–water partition coefficient (Wildman–Crippen LogP) is 3.77. The summed E-state index contributed by atoms with van der Waals surface area (Å²) < 4.78 is 5.21. The van der Waals surface area contributed by atoms with Gasteiger partial charge in [0.1, 0.15) is 0 Å². The Kier molecular flexibility index (Phi) is 9.69. The number of aliphatic hydroxyl groups is 2. The second kappa shape index (κ2) is 9.75. The minimum atomic E-state index is -0.182. The number of aliphatic hydroxyl groups excluding tert-OH is 2. The van der Waals surface area contributed by atoms with Crippen molar-refractivity contribution in [1.29, 1.82) is 0 Å². The lowest BCUT2D eigenvalue weighted by Crippen LogP contribution is -2.19. The first-order valence-corrected chi connectivity index (χ1v) is 8.00. The van der Waals surface area contributed by atoms with Gasteiger partial charge in [0.05, 0.1) is 12.7 Å². The van der Waals surface area contributed by atoms with Crippen LogP contribution in [0.2, 0.25) is 0 Å². The zero-order valence-corrected chi connectivity index (χ0v) is 14.2. The van der Waals surface area contributed by atoms with Gasteiger partial charge in [0.25, 0.3) is 0 Å². The van der Waals surface area contributed by atoms with Gasteiger partial charge in [0.2, 0.25) is 0 Å². The van der Waals surface area contributed by atoms with Crippen LogP contribution >= 0.6 is 0 Å². The van der Waals surface area contributed by atoms with Gasteiger partial charge in [-0.25, -0.2) is 0 Å². The van der Waals surface area contributed by atoms with Crippen molar-refractivity contribution in [3.63, 3.8) is 0 Å². The second-order valence-corrected chi connectivity index (χ2v) is 7.67. The molecule has 3 nitrogen and oxygen atoms in total. The van der Waals surface area contributed by atoms with Gasteiger partial charge in [0, 0.05) is 13.7 Å². The van der Waals surface area contributed by atoms with E-state index in [-0.39, 0.29) is 23.5 Å². The molecule has 0 bridgehead atoms. The highest BCUT2D eigenvalue weighted by Gasteiger charge is 2.19. The molecule has 0 saturated carbocycles. The minimum Gasteiger partial charge on any atom is -0.396 e. The molecule has 0 fully saturated rings. The first-order chi connectivity index (χ1) is 9.22. The molecule has 0 aliphatic rings. The number of methoxy groups -OCH3 is 1. The molecule has 0 rings (SSSR count). The van der Waals surface area contributed by atoms with Crippen LogP contribution in [0.25, 0.3) is 0 Å². The lowest BCUT2D eigenvalue weighted by molar-refractivity contribution is 0.0878. The lowest BCUT2D eigenvalue weighted by Gasteiger charge is -2.25. The van der Waals surface area contributed by atoms with E-state index in [2.05, 4.69) is 27.7 Å². The Bertz CT molecular complexity index is 212. The Morgan fingerprint density at radius 2 is 1.40 bits per heavy atom. The molecule has 20 heavy (non-hydrogen) atoms. The summed E-state index contributed by atoms with van der Waals surface area (Å²) in [5, 5.41) is 19.0. The summed E-state index contributed by atoms with van der Waals surface area (Å²) in [6, 6.07) is 0. The number of hydrogen-bond acceptors (Lipinski definition) is 3. The van der Waals surface area contributed by atoms with E-state index in [0.717, 1.165) is 51.6 Å². The molecule has 2 N–H and O–H groups in total. The summed E-state index contributed by atoms with van der Waals surface area (Å²) in [6.07, 6.45) is 6.67. The minimum absolute atomic E-state index is 0.182. The van der Waals surface area contributed by atoms with Crippen LogP contribution in [-0.4, -0.2) is 36.6 Å². The van der Waals surface area contributed by atoms with E-state index >= 15 is 0 Å². The van der Waals surface area contributed by atoms with E-state index < -0.39 is 0 Å². The maximum atomic E-state index is 10.0. The third-order valence-electron chi connectivity index (χ3n) is 4.11. The molecule has 0 aromatic heterocycles. The van der Waals surface area contributed by atoms with Crippen LogP contribution in [0.5, 0.6) is 0 Å². The van der Waals surface area contributed by atoms with Gasteiger partial charge in [-0.1, -0.05) is 40.5 Å². The summed E-state index contributed by atoms with van der Waals surface area (Å²) in [4.78, 5) is 0. The Morgan fingerprint density at radius 1 is 0.900 bits per heavy atom. The average molecular weight is 288 g/mol. The third kappa shape index (κ3) is 10.6. The number of ether oxygens (including phenoxy) is 1. The summed E-state index contributed by atoms with van der Waals surface area (Å²) in [7, 11) is 1.74. The molecule has 0 heterocycles. The molecule has 0 aliphatic carbocycles. The molecule has 0 spiro atoms. The number of rotatable bonds is 12. The van der Waals surface area contributed by atoms with Gasteiger partial charge < -0.3 is 14.9 Å². The molecule has 0 amide bonds. The molecular formula is C17H36O3. The third-order valence-corrected chi connectivity index (χ3v) is 4.11. The molecule has 1 unspecified atom stereocenters. The Balaban J connectivity index is 3.72. The highest BCUT2D eigenvalue weighted by molar-refractivity contribution is 4.71. The van der Waals surface area contributed by atoms with Crippen molar-refractivity contribution >= 4 is 0 Å². The van der Waals surface area contributed by atoms with Gasteiger partial charge >= 0.3 is 0 Å². The molecule has 3 heteroatoms. The fraction of sp³-hybridized carbons (Fsp3) is 1.00. The molecular weight excluding hydrogens is 252 g/mol. The van der Waals surface area contributed by atoms with Crippen molar-refractivity contribution in [3.05, 3.63) is 0 Å². The van der Waals surface area contributed by atoms with Gasteiger partial charge in [0.15, 0.2) is 0 Å².